The Kier molecular flexibility index (Phi) is 4.66. The molecule has 0 spiro atoms. The molecule has 0 aliphatic carbocycles. The molecule has 0 amide bonds. The third kappa shape index (κ3) is 3.45. The third-order valence-electron chi connectivity index (χ3n) is 1.90. The van der Waals surface area contributed by atoms with Gasteiger partial charge in [0.05, 0.1) is 15.0 Å². The summed E-state index contributed by atoms with van der Waals surface area (Å²) >= 11 is 16.7. The first-order valence-electron chi connectivity index (χ1n) is 4.32. The molecule has 0 radical (unpaired) electrons. The fourth-order valence-electron chi connectivity index (χ4n) is 1.19. The molecule has 14 heavy (non-hydrogen) atoms. The number of hydrogen-bond acceptors (Lipinski definition) is 1. The molecule has 76 valence electrons. The van der Waals surface area contributed by atoms with Crippen molar-refractivity contribution in [3.8, 4) is 0 Å². The van der Waals surface area contributed by atoms with Crippen molar-refractivity contribution in [1.29, 1.82) is 0 Å². The lowest BCUT2D eigenvalue weighted by Crippen LogP contribution is -2.07. The summed E-state index contributed by atoms with van der Waals surface area (Å²) in [5.41, 5.74) is 6.45. The molecular formula is C10H11Cl2NS. The summed E-state index contributed by atoms with van der Waals surface area (Å²) in [7, 11) is 0. The Bertz CT molecular complexity index is 339. The van der Waals surface area contributed by atoms with Crippen LogP contribution in [0.4, 0.5) is 0 Å². The predicted molar refractivity (Wildman–Crippen MR) is 66.2 cm³/mol. The van der Waals surface area contributed by atoms with Crippen LogP contribution >= 0.6 is 35.4 Å². The average Bonchev–Trinajstić information content (AvgIpc) is 2.12. The molecule has 1 nitrogen and oxygen atoms in total. The van der Waals surface area contributed by atoms with Gasteiger partial charge < -0.3 is 5.73 Å². The van der Waals surface area contributed by atoms with Crippen molar-refractivity contribution in [2.75, 3.05) is 0 Å². The zero-order chi connectivity index (χ0) is 10.6. The molecule has 0 saturated heterocycles. The molecule has 0 heterocycles. The van der Waals surface area contributed by atoms with E-state index in [0.717, 1.165) is 24.8 Å². The van der Waals surface area contributed by atoms with Crippen LogP contribution in [0.3, 0.4) is 0 Å². The maximum atomic E-state index is 6.01. The van der Waals surface area contributed by atoms with E-state index in [9.17, 15) is 0 Å². The molecule has 0 aliphatic rings. The van der Waals surface area contributed by atoms with Gasteiger partial charge in [-0.3, -0.25) is 0 Å². The highest BCUT2D eigenvalue weighted by molar-refractivity contribution is 7.80. The van der Waals surface area contributed by atoms with E-state index >= 15 is 0 Å². The van der Waals surface area contributed by atoms with Crippen LogP contribution in [0.25, 0.3) is 0 Å². The van der Waals surface area contributed by atoms with Gasteiger partial charge in [0.25, 0.3) is 0 Å². The van der Waals surface area contributed by atoms with E-state index in [4.69, 9.17) is 41.2 Å². The van der Waals surface area contributed by atoms with Crippen molar-refractivity contribution in [2.24, 2.45) is 5.73 Å². The smallest absolute Gasteiger partial charge is 0.0727 e. The summed E-state index contributed by atoms with van der Waals surface area (Å²) in [4.78, 5) is 0.545. The Morgan fingerprint density at radius 3 is 2.71 bits per heavy atom. The van der Waals surface area contributed by atoms with E-state index in [0.29, 0.717) is 15.0 Å². The fourth-order valence-corrected chi connectivity index (χ4v) is 1.75. The van der Waals surface area contributed by atoms with Crippen molar-refractivity contribution in [1.82, 2.24) is 0 Å². The quantitative estimate of drug-likeness (QED) is 0.824. The minimum Gasteiger partial charge on any atom is -0.393 e. The molecule has 0 bridgehead atoms. The lowest BCUT2D eigenvalue weighted by Gasteiger charge is -2.04. The topological polar surface area (TPSA) is 26.0 Å². The Morgan fingerprint density at radius 1 is 1.36 bits per heavy atom. The van der Waals surface area contributed by atoms with Gasteiger partial charge >= 0.3 is 0 Å². The summed E-state index contributed by atoms with van der Waals surface area (Å²) in [5.74, 6) is 0. The lowest BCUT2D eigenvalue weighted by molar-refractivity contribution is 0.868. The number of aryl methyl sites for hydroxylation is 1. The van der Waals surface area contributed by atoms with Crippen LogP contribution in [0.1, 0.15) is 18.4 Å². The van der Waals surface area contributed by atoms with Gasteiger partial charge in [-0.1, -0.05) is 47.6 Å². The van der Waals surface area contributed by atoms with Gasteiger partial charge in [-0.15, -0.1) is 0 Å². The van der Waals surface area contributed by atoms with Crippen molar-refractivity contribution in [3.63, 3.8) is 0 Å². The fraction of sp³-hybridized carbons (Fsp3) is 0.300. The van der Waals surface area contributed by atoms with Gasteiger partial charge in [0.15, 0.2) is 0 Å². The first-order valence-corrected chi connectivity index (χ1v) is 5.49. The van der Waals surface area contributed by atoms with Crippen LogP contribution in [0.5, 0.6) is 0 Å². The molecule has 0 atom stereocenters. The van der Waals surface area contributed by atoms with Crippen LogP contribution in [0, 0.1) is 0 Å². The van der Waals surface area contributed by atoms with Crippen LogP contribution in [0.15, 0.2) is 18.2 Å². The molecule has 0 unspecified atom stereocenters. The Labute approximate surface area is 99.2 Å². The standard InChI is InChI=1S/C10H11Cl2NS/c11-8-5-1-3-7(10(8)12)4-2-6-9(13)14/h1,3,5H,2,4,6H2,(H2,13,14). The van der Waals surface area contributed by atoms with Gasteiger partial charge in [-0.05, 0) is 30.9 Å². The van der Waals surface area contributed by atoms with E-state index in [1.807, 2.05) is 12.1 Å². The van der Waals surface area contributed by atoms with E-state index < -0.39 is 0 Å². The van der Waals surface area contributed by atoms with Gasteiger partial charge in [0.2, 0.25) is 0 Å². The molecular weight excluding hydrogens is 237 g/mol. The largest absolute Gasteiger partial charge is 0.393 e. The minimum absolute atomic E-state index is 0.545. The first-order chi connectivity index (χ1) is 6.61. The first kappa shape index (κ1) is 11.8. The SMILES string of the molecule is NC(=S)CCCc1cccc(Cl)c1Cl. The molecule has 0 fully saturated rings. The highest BCUT2D eigenvalue weighted by atomic mass is 35.5. The normalized spacial score (nSPS) is 10.1. The number of hydrogen-bond donors (Lipinski definition) is 1. The van der Waals surface area contributed by atoms with Crippen molar-refractivity contribution in [3.05, 3.63) is 33.8 Å². The van der Waals surface area contributed by atoms with Crippen molar-refractivity contribution < 1.29 is 0 Å². The van der Waals surface area contributed by atoms with E-state index in [2.05, 4.69) is 0 Å². The summed E-state index contributed by atoms with van der Waals surface area (Å²) in [6.07, 6.45) is 2.52. The summed E-state index contributed by atoms with van der Waals surface area (Å²) < 4.78 is 0. The number of rotatable bonds is 4. The molecule has 0 aliphatic heterocycles. The second-order valence-corrected chi connectivity index (χ2v) is 4.34. The van der Waals surface area contributed by atoms with Crippen LogP contribution in [-0.2, 0) is 6.42 Å². The molecule has 1 rings (SSSR count). The average molecular weight is 248 g/mol. The summed E-state index contributed by atoms with van der Waals surface area (Å²) in [6.45, 7) is 0. The number of nitrogens with two attached hydrogens (primary N) is 1. The van der Waals surface area contributed by atoms with Crippen LogP contribution < -0.4 is 5.73 Å². The highest BCUT2D eigenvalue weighted by Crippen LogP contribution is 2.26. The maximum Gasteiger partial charge on any atom is 0.0727 e. The second kappa shape index (κ2) is 5.54. The molecule has 4 heteroatoms. The van der Waals surface area contributed by atoms with E-state index in [1.54, 1.807) is 6.07 Å². The number of benzene rings is 1. The highest BCUT2D eigenvalue weighted by Gasteiger charge is 2.03. The van der Waals surface area contributed by atoms with Crippen LogP contribution in [0.2, 0.25) is 10.0 Å². The minimum atomic E-state index is 0.545. The van der Waals surface area contributed by atoms with Crippen LogP contribution in [-0.4, -0.2) is 4.99 Å². The predicted octanol–water partition coefficient (Wildman–Crippen LogP) is 3.60. The van der Waals surface area contributed by atoms with Crippen molar-refractivity contribution >= 4 is 40.4 Å². The van der Waals surface area contributed by atoms with E-state index in [-0.39, 0.29) is 0 Å². The zero-order valence-corrected chi connectivity index (χ0v) is 9.92. The molecule has 1 aromatic rings. The molecule has 0 aromatic heterocycles. The molecule has 2 N–H and O–H groups in total. The van der Waals surface area contributed by atoms with Crippen molar-refractivity contribution in [2.45, 2.75) is 19.3 Å². The van der Waals surface area contributed by atoms with Gasteiger partial charge in [0, 0.05) is 0 Å². The van der Waals surface area contributed by atoms with Gasteiger partial charge in [-0.25, -0.2) is 0 Å². The molecule has 1 aromatic carbocycles. The summed E-state index contributed by atoms with van der Waals surface area (Å²) in [5, 5.41) is 1.23. The van der Waals surface area contributed by atoms with E-state index in [1.165, 1.54) is 0 Å². The summed E-state index contributed by atoms with van der Waals surface area (Å²) in [6, 6.07) is 5.64. The maximum absolute atomic E-state index is 6.01. The zero-order valence-electron chi connectivity index (χ0n) is 7.59. The third-order valence-corrected chi connectivity index (χ3v) is 2.96. The second-order valence-electron chi connectivity index (χ2n) is 3.03. The Morgan fingerprint density at radius 2 is 2.07 bits per heavy atom. The Balaban J connectivity index is 2.59. The lowest BCUT2D eigenvalue weighted by atomic mass is 10.1. The monoisotopic (exact) mass is 247 g/mol. The number of halogens is 2. The van der Waals surface area contributed by atoms with Gasteiger partial charge in [0.1, 0.15) is 0 Å². The Hall–Kier alpha value is -0.310. The molecule has 0 saturated carbocycles. The number of thiocarbonyl (C=S) groups is 1. The van der Waals surface area contributed by atoms with Gasteiger partial charge in [-0.2, -0.15) is 0 Å².